The van der Waals surface area contributed by atoms with Crippen molar-refractivity contribution in [3.63, 3.8) is 0 Å². The molecule has 0 aliphatic carbocycles. The van der Waals surface area contributed by atoms with Crippen molar-refractivity contribution in [2.24, 2.45) is 5.92 Å². The number of hydrogen-bond donors (Lipinski definition) is 0. The second-order valence-corrected chi connectivity index (χ2v) is 4.99. The lowest BCUT2D eigenvalue weighted by atomic mass is 10.0. The minimum atomic E-state index is 0.382. The van der Waals surface area contributed by atoms with Crippen molar-refractivity contribution < 1.29 is 9.47 Å². The molecule has 0 unspecified atom stereocenters. The van der Waals surface area contributed by atoms with Crippen LogP contribution < -0.4 is 4.74 Å². The SMILES string of the molecule is CCc1nnc(OCC2CCOCC2)c(C#N)c1CC. The molecule has 0 amide bonds. The van der Waals surface area contributed by atoms with Gasteiger partial charge in [0.25, 0.3) is 5.88 Å². The summed E-state index contributed by atoms with van der Waals surface area (Å²) in [5.74, 6) is 0.862. The monoisotopic (exact) mass is 275 g/mol. The molecule has 0 saturated carbocycles. The summed E-state index contributed by atoms with van der Waals surface area (Å²) in [7, 11) is 0. The van der Waals surface area contributed by atoms with E-state index in [-0.39, 0.29) is 0 Å². The zero-order chi connectivity index (χ0) is 14.4. The van der Waals surface area contributed by atoms with E-state index >= 15 is 0 Å². The highest BCUT2D eigenvalue weighted by molar-refractivity contribution is 5.46. The molecule has 2 rings (SSSR count). The first-order chi connectivity index (χ1) is 9.80. The molecule has 1 aromatic rings. The lowest BCUT2D eigenvalue weighted by molar-refractivity contribution is 0.0488. The highest BCUT2D eigenvalue weighted by Crippen LogP contribution is 2.23. The first-order valence-corrected chi connectivity index (χ1v) is 7.29. The third-order valence-corrected chi connectivity index (χ3v) is 3.72. The van der Waals surface area contributed by atoms with Gasteiger partial charge in [0, 0.05) is 13.2 Å². The van der Waals surface area contributed by atoms with Crippen LogP contribution >= 0.6 is 0 Å². The zero-order valence-electron chi connectivity index (χ0n) is 12.2. The maximum absolute atomic E-state index is 9.37. The Labute approximate surface area is 119 Å². The molecular formula is C15H21N3O2. The average molecular weight is 275 g/mol. The summed E-state index contributed by atoms with van der Waals surface area (Å²) < 4.78 is 11.1. The van der Waals surface area contributed by atoms with Crippen molar-refractivity contribution in [3.05, 3.63) is 16.8 Å². The normalized spacial score (nSPS) is 15.8. The molecule has 2 heterocycles. The van der Waals surface area contributed by atoms with Crippen molar-refractivity contribution in [3.8, 4) is 11.9 Å². The van der Waals surface area contributed by atoms with E-state index in [2.05, 4.69) is 16.3 Å². The van der Waals surface area contributed by atoms with Crippen LogP contribution in [-0.4, -0.2) is 30.0 Å². The maximum atomic E-state index is 9.37. The van der Waals surface area contributed by atoms with Crippen molar-refractivity contribution in [2.75, 3.05) is 19.8 Å². The minimum Gasteiger partial charge on any atom is -0.475 e. The second-order valence-electron chi connectivity index (χ2n) is 4.99. The summed E-state index contributed by atoms with van der Waals surface area (Å²) >= 11 is 0. The van der Waals surface area contributed by atoms with Crippen molar-refractivity contribution >= 4 is 0 Å². The largest absolute Gasteiger partial charge is 0.475 e. The molecule has 0 bridgehead atoms. The van der Waals surface area contributed by atoms with Gasteiger partial charge in [0.15, 0.2) is 0 Å². The quantitative estimate of drug-likeness (QED) is 0.824. The summed E-state index contributed by atoms with van der Waals surface area (Å²) in [5, 5.41) is 17.6. The second kappa shape index (κ2) is 7.20. The van der Waals surface area contributed by atoms with Crippen LogP contribution in [0.25, 0.3) is 0 Å². The minimum absolute atomic E-state index is 0.382. The molecule has 0 spiro atoms. The number of nitriles is 1. The molecule has 0 aromatic carbocycles. The number of aromatic nitrogens is 2. The molecule has 20 heavy (non-hydrogen) atoms. The number of ether oxygens (including phenoxy) is 2. The Balaban J connectivity index is 2.12. The van der Waals surface area contributed by atoms with Crippen LogP contribution in [0.1, 0.15) is 43.5 Å². The molecule has 1 aliphatic heterocycles. The summed E-state index contributed by atoms with van der Waals surface area (Å²) in [6.45, 7) is 6.22. The topological polar surface area (TPSA) is 68.0 Å². The van der Waals surface area contributed by atoms with Crippen molar-refractivity contribution in [2.45, 2.75) is 39.5 Å². The van der Waals surface area contributed by atoms with E-state index in [1.807, 2.05) is 13.8 Å². The maximum Gasteiger partial charge on any atom is 0.251 e. The molecular weight excluding hydrogens is 254 g/mol. The van der Waals surface area contributed by atoms with Crippen LogP contribution in [0, 0.1) is 17.2 Å². The van der Waals surface area contributed by atoms with E-state index < -0.39 is 0 Å². The van der Waals surface area contributed by atoms with Crippen molar-refractivity contribution in [1.29, 1.82) is 5.26 Å². The van der Waals surface area contributed by atoms with Gasteiger partial charge in [-0.3, -0.25) is 0 Å². The number of aryl methyl sites for hydroxylation is 1. The third kappa shape index (κ3) is 3.26. The molecule has 108 valence electrons. The fraction of sp³-hybridized carbons (Fsp3) is 0.667. The summed E-state index contributed by atoms with van der Waals surface area (Å²) in [4.78, 5) is 0. The lowest BCUT2D eigenvalue weighted by Crippen LogP contribution is -2.22. The van der Waals surface area contributed by atoms with Gasteiger partial charge in [-0.15, -0.1) is 5.10 Å². The van der Waals surface area contributed by atoms with Crippen molar-refractivity contribution in [1.82, 2.24) is 10.2 Å². The predicted octanol–water partition coefficient (Wildman–Crippen LogP) is 2.28. The van der Waals surface area contributed by atoms with Gasteiger partial charge in [-0.05, 0) is 37.2 Å². The molecule has 1 saturated heterocycles. The Morgan fingerprint density at radius 3 is 2.60 bits per heavy atom. The summed E-state index contributed by atoms with van der Waals surface area (Å²) in [6, 6.07) is 2.23. The molecule has 1 aliphatic rings. The van der Waals surface area contributed by atoms with Gasteiger partial charge < -0.3 is 9.47 Å². The lowest BCUT2D eigenvalue weighted by Gasteiger charge is -2.22. The van der Waals surface area contributed by atoms with Crippen LogP contribution in [0.15, 0.2) is 0 Å². The number of hydrogen-bond acceptors (Lipinski definition) is 5. The van der Waals surface area contributed by atoms with Crippen LogP contribution in [0.4, 0.5) is 0 Å². The van der Waals surface area contributed by atoms with E-state index in [1.54, 1.807) is 0 Å². The van der Waals surface area contributed by atoms with Gasteiger partial charge in [-0.2, -0.15) is 10.4 Å². The van der Waals surface area contributed by atoms with Gasteiger partial charge in [-0.25, -0.2) is 0 Å². The first-order valence-electron chi connectivity index (χ1n) is 7.29. The highest BCUT2D eigenvalue weighted by Gasteiger charge is 2.18. The van der Waals surface area contributed by atoms with Crippen LogP contribution in [-0.2, 0) is 17.6 Å². The predicted molar refractivity (Wildman–Crippen MR) is 74.5 cm³/mol. The van der Waals surface area contributed by atoms with E-state index in [0.717, 1.165) is 50.2 Å². The third-order valence-electron chi connectivity index (χ3n) is 3.72. The Bertz CT molecular complexity index is 491. The van der Waals surface area contributed by atoms with E-state index in [0.29, 0.717) is 24.0 Å². The molecule has 0 atom stereocenters. The fourth-order valence-corrected chi connectivity index (χ4v) is 2.48. The van der Waals surface area contributed by atoms with Gasteiger partial charge in [0.05, 0.1) is 12.3 Å². The van der Waals surface area contributed by atoms with Gasteiger partial charge in [0.1, 0.15) is 11.6 Å². The highest BCUT2D eigenvalue weighted by atomic mass is 16.5. The molecule has 1 fully saturated rings. The molecule has 5 heteroatoms. The first kappa shape index (κ1) is 14.7. The van der Waals surface area contributed by atoms with Crippen LogP contribution in [0.3, 0.4) is 0 Å². The van der Waals surface area contributed by atoms with Gasteiger partial charge in [0.2, 0.25) is 0 Å². The Morgan fingerprint density at radius 2 is 2.00 bits per heavy atom. The fourth-order valence-electron chi connectivity index (χ4n) is 2.48. The standard InChI is InChI=1S/C15H21N3O2/c1-3-12-13(9-16)15(18-17-14(12)4-2)20-10-11-5-7-19-8-6-11/h11H,3-8,10H2,1-2H3. The Morgan fingerprint density at radius 1 is 1.25 bits per heavy atom. The Kier molecular flexibility index (Phi) is 5.31. The smallest absolute Gasteiger partial charge is 0.251 e. The molecule has 0 radical (unpaired) electrons. The van der Waals surface area contributed by atoms with E-state index in [9.17, 15) is 5.26 Å². The number of rotatable bonds is 5. The van der Waals surface area contributed by atoms with E-state index in [4.69, 9.17) is 9.47 Å². The molecule has 5 nitrogen and oxygen atoms in total. The van der Waals surface area contributed by atoms with E-state index in [1.165, 1.54) is 0 Å². The van der Waals surface area contributed by atoms with Crippen LogP contribution in [0.2, 0.25) is 0 Å². The van der Waals surface area contributed by atoms with Crippen LogP contribution in [0.5, 0.6) is 5.88 Å². The zero-order valence-corrected chi connectivity index (χ0v) is 12.2. The summed E-state index contributed by atoms with van der Waals surface area (Å²) in [6.07, 6.45) is 3.56. The molecule has 0 N–H and O–H groups in total. The Hall–Kier alpha value is -1.67. The number of nitrogens with zero attached hydrogens (tertiary/aromatic N) is 3. The van der Waals surface area contributed by atoms with Gasteiger partial charge in [-0.1, -0.05) is 13.8 Å². The van der Waals surface area contributed by atoms with Gasteiger partial charge >= 0.3 is 0 Å². The summed E-state index contributed by atoms with van der Waals surface area (Å²) in [5.41, 5.74) is 2.40. The average Bonchev–Trinajstić information content (AvgIpc) is 2.52. The molecule has 1 aromatic heterocycles.